The van der Waals surface area contributed by atoms with E-state index in [2.05, 4.69) is 15.6 Å². The van der Waals surface area contributed by atoms with Gasteiger partial charge in [0.2, 0.25) is 0 Å². The van der Waals surface area contributed by atoms with Gasteiger partial charge in [-0.25, -0.2) is 4.79 Å². The summed E-state index contributed by atoms with van der Waals surface area (Å²) in [6.07, 6.45) is 4.94. The molecule has 0 atom stereocenters. The first-order valence-electron chi connectivity index (χ1n) is 8.92. The molecule has 0 aliphatic carbocycles. The molecule has 0 saturated heterocycles. The van der Waals surface area contributed by atoms with Crippen molar-refractivity contribution in [1.29, 1.82) is 0 Å². The minimum Gasteiger partial charge on any atom is -0.467 e. The number of para-hydroxylation sites is 1. The van der Waals surface area contributed by atoms with Gasteiger partial charge in [-0.2, -0.15) is 0 Å². The Morgan fingerprint density at radius 1 is 1.11 bits per heavy atom. The van der Waals surface area contributed by atoms with Crippen molar-refractivity contribution in [3.63, 3.8) is 0 Å². The molecule has 1 aromatic carbocycles. The van der Waals surface area contributed by atoms with Gasteiger partial charge < -0.3 is 19.5 Å². The van der Waals surface area contributed by atoms with Gasteiger partial charge in [-0.15, -0.1) is 0 Å². The average Bonchev–Trinajstić information content (AvgIpc) is 3.35. The number of carbonyl (C=O) groups is 3. The Bertz CT molecular complexity index is 946. The van der Waals surface area contributed by atoms with E-state index in [0.29, 0.717) is 12.2 Å². The van der Waals surface area contributed by atoms with Crippen LogP contribution in [0.5, 0.6) is 0 Å². The molecule has 0 radical (unpaired) electrons. The zero-order valence-corrected chi connectivity index (χ0v) is 15.2. The van der Waals surface area contributed by atoms with Gasteiger partial charge in [0.15, 0.2) is 6.61 Å². The predicted molar refractivity (Wildman–Crippen MR) is 101 cm³/mol. The van der Waals surface area contributed by atoms with Crippen LogP contribution in [0.15, 0.2) is 53.3 Å². The van der Waals surface area contributed by atoms with Crippen LogP contribution in [0.1, 0.15) is 24.2 Å². The predicted octanol–water partition coefficient (Wildman–Crippen LogP) is 2.65. The Balaban J connectivity index is 1.31. The normalized spacial score (nSPS) is 10.6. The van der Waals surface area contributed by atoms with Crippen molar-refractivity contribution >= 4 is 28.8 Å². The number of hydrogen-bond acceptors (Lipinski definition) is 5. The molecular weight excluding hydrogens is 362 g/mol. The molecule has 2 heterocycles. The van der Waals surface area contributed by atoms with Crippen molar-refractivity contribution in [2.45, 2.75) is 25.8 Å². The van der Waals surface area contributed by atoms with E-state index in [1.54, 1.807) is 12.1 Å². The van der Waals surface area contributed by atoms with Gasteiger partial charge in [-0.3, -0.25) is 14.9 Å². The van der Waals surface area contributed by atoms with E-state index >= 15 is 0 Å². The topological polar surface area (TPSA) is 113 Å². The first-order valence-corrected chi connectivity index (χ1v) is 8.92. The van der Waals surface area contributed by atoms with E-state index in [0.717, 1.165) is 22.9 Å². The highest BCUT2D eigenvalue weighted by Gasteiger charge is 2.11. The lowest BCUT2D eigenvalue weighted by Crippen LogP contribution is -2.41. The average molecular weight is 383 g/mol. The molecule has 0 aliphatic heterocycles. The number of hydrogen-bond donors (Lipinski definition) is 3. The number of fused-ring (bicyclic) bond motifs is 1. The van der Waals surface area contributed by atoms with Crippen LogP contribution in [-0.2, 0) is 27.3 Å². The van der Waals surface area contributed by atoms with Crippen LogP contribution in [0.2, 0.25) is 0 Å². The van der Waals surface area contributed by atoms with E-state index in [9.17, 15) is 14.4 Å². The highest BCUT2D eigenvalue weighted by molar-refractivity contribution is 5.95. The second kappa shape index (κ2) is 9.40. The second-order valence-electron chi connectivity index (χ2n) is 6.18. The van der Waals surface area contributed by atoms with E-state index < -0.39 is 24.5 Å². The molecule has 2 aromatic heterocycles. The van der Waals surface area contributed by atoms with Crippen LogP contribution in [0.4, 0.5) is 4.79 Å². The first-order chi connectivity index (χ1) is 13.6. The summed E-state index contributed by atoms with van der Waals surface area (Å²) >= 11 is 0. The number of aromatic amines is 1. The molecule has 0 aliphatic rings. The third-order valence-corrected chi connectivity index (χ3v) is 4.12. The van der Waals surface area contributed by atoms with Crippen LogP contribution < -0.4 is 10.6 Å². The van der Waals surface area contributed by atoms with E-state index in [4.69, 9.17) is 9.15 Å². The SMILES string of the molecule is O=C(COC(=O)CCCc1c[nH]c2ccccc12)NC(=O)NCc1ccco1. The Morgan fingerprint density at radius 2 is 1.96 bits per heavy atom. The van der Waals surface area contributed by atoms with Crippen molar-refractivity contribution in [2.75, 3.05) is 6.61 Å². The highest BCUT2D eigenvalue weighted by atomic mass is 16.5. The standard InChI is InChI=1S/C20H21N3O5/c24-18(23-20(26)22-12-15-6-4-10-27-15)13-28-19(25)9-3-5-14-11-21-17-8-2-1-7-16(14)17/h1-2,4,6-8,10-11,21H,3,5,9,12-13H2,(H2,22,23,24,26). The molecular formula is C20H21N3O5. The van der Waals surface area contributed by atoms with Gasteiger partial charge >= 0.3 is 12.0 Å². The fraction of sp³-hybridized carbons (Fsp3) is 0.250. The Hall–Kier alpha value is -3.55. The molecule has 0 bridgehead atoms. The van der Waals surface area contributed by atoms with Gasteiger partial charge in [-0.05, 0) is 36.6 Å². The summed E-state index contributed by atoms with van der Waals surface area (Å²) in [4.78, 5) is 38.2. The monoisotopic (exact) mass is 383 g/mol. The summed E-state index contributed by atoms with van der Waals surface area (Å²) in [5.74, 6) is -0.614. The van der Waals surface area contributed by atoms with Crippen molar-refractivity contribution in [1.82, 2.24) is 15.6 Å². The number of amides is 3. The molecule has 0 saturated carbocycles. The molecule has 3 N–H and O–H groups in total. The number of carbonyl (C=O) groups excluding carboxylic acids is 3. The zero-order chi connectivity index (χ0) is 19.8. The Kier molecular flexibility index (Phi) is 6.46. The lowest BCUT2D eigenvalue weighted by molar-refractivity contribution is -0.148. The number of imide groups is 1. The summed E-state index contributed by atoms with van der Waals surface area (Å²) in [5, 5.41) is 5.68. The number of furan rings is 1. The number of H-pyrrole nitrogens is 1. The number of rotatable bonds is 8. The molecule has 3 amide bonds. The number of nitrogens with one attached hydrogen (secondary N) is 3. The van der Waals surface area contributed by atoms with Crippen LogP contribution in [0.3, 0.4) is 0 Å². The minimum absolute atomic E-state index is 0.153. The van der Waals surface area contributed by atoms with E-state index in [1.807, 2.05) is 30.5 Å². The smallest absolute Gasteiger partial charge is 0.321 e. The molecule has 8 heteroatoms. The quantitative estimate of drug-likeness (QED) is 0.518. The number of urea groups is 1. The number of aryl methyl sites for hydroxylation is 1. The maximum atomic E-state index is 11.8. The molecule has 0 unspecified atom stereocenters. The van der Waals surface area contributed by atoms with Gasteiger partial charge in [-0.1, -0.05) is 18.2 Å². The summed E-state index contributed by atoms with van der Waals surface area (Å²) < 4.78 is 9.96. The van der Waals surface area contributed by atoms with Crippen molar-refractivity contribution < 1.29 is 23.5 Å². The lowest BCUT2D eigenvalue weighted by atomic mass is 10.1. The van der Waals surface area contributed by atoms with Crippen LogP contribution in [0, 0.1) is 0 Å². The van der Waals surface area contributed by atoms with Gasteiger partial charge in [0, 0.05) is 23.5 Å². The summed E-state index contributed by atoms with van der Waals surface area (Å²) in [7, 11) is 0. The molecule has 0 spiro atoms. The van der Waals surface area contributed by atoms with Gasteiger partial charge in [0.05, 0.1) is 12.8 Å². The highest BCUT2D eigenvalue weighted by Crippen LogP contribution is 2.19. The van der Waals surface area contributed by atoms with E-state index in [-0.39, 0.29) is 13.0 Å². The number of benzene rings is 1. The largest absolute Gasteiger partial charge is 0.467 e. The zero-order valence-electron chi connectivity index (χ0n) is 15.2. The third-order valence-electron chi connectivity index (χ3n) is 4.12. The van der Waals surface area contributed by atoms with Crippen LogP contribution in [-0.4, -0.2) is 29.5 Å². The van der Waals surface area contributed by atoms with Gasteiger partial charge in [0.25, 0.3) is 5.91 Å². The summed E-state index contributed by atoms with van der Waals surface area (Å²) in [6.45, 7) is -0.347. The maximum Gasteiger partial charge on any atom is 0.321 e. The number of esters is 1. The van der Waals surface area contributed by atoms with Crippen molar-refractivity contribution in [3.8, 4) is 0 Å². The fourth-order valence-electron chi connectivity index (χ4n) is 2.77. The molecule has 28 heavy (non-hydrogen) atoms. The summed E-state index contributed by atoms with van der Waals surface area (Å²) in [6, 6.07) is 10.7. The number of ether oxygens (including phenoxy) is 1. The number of aromatic nitrogens is 1. The molecule has 3 rings (SSSR count). The van der Waals surface area contributed by atoms with E-state index in [1.165, 1.54) is 6.26 Å². The molecule has 0 fully saturated rings. The Labute approximate surface area is 161 Å². The molecule has 3 aromatic rings. The second-order valence-corrected chi connectivity index (χ2v) is 6.18. The Morgan fingerprint density at radius 3 is 2.79 bits per heavy atom. The third kappa shape index (κ3) is 5.47. The summed E-state index contributed by atoms with van der Waals surface area (Å²) in [5.41, 5.74) is 2.19. The minimum atomic E-state index is -0.693. The lowest BCUT2D eigenvalue weighted by Gasteiger charge is -2.06. The first kappa shape index (κ1) is 19.2. The van der Waals surface area contributed by atoms with Crippen molar-refractivity contribution in [3.05, 3.63) is 60.2 Å². The molecule has 8 nitrogen and oxygen atoms in total. The molecule has 146 valence electrons. The van der Waals surface area contributed by atoms with Crippen LogP contribution >= 0.6 is 0 Å². The van der Waals surface area contributed by atoms with Crippen molar-refractivity contribution in [2.24, 2.45) is 0 Å². The maximum absolute atomic E-state index is 11.8. The fourth-order valence-corrected chi connectivity index (χ4v) is 2.77. The van der Waals surface area contributed by atoms with Gasteiger partial charge in [0.1, 0.15) is 5.76 Å². The van der Waals surface area contributed by atoms with Crippen LogP contribution in [0.25, 0.3) is 10.9 Å².